The van der Waals surface area contributed by atoms with Crippen molar-refractivity contribution in [3.8, 4) is 23.0 Å². The van der Waals surface area contributed by atoms with Crippen molar-refractivity contribution in [2.24, 2.45) is 0 Å². The van der Waals surface area contributed by atoms with Gasteiger partial charge in [0.1, 0.15) is 23.0 Å². The molecule has 8 heteroatoms. The molecule has 2 aliphatic rings. The molecule has 6 aromatic carbocycles. The number of rotatable bonds is 12. The van der Waals surface area contributed by atoms with Crippen molar-refractivity contribution < 1.29 is 38.1 Å². The summed E-state index contributed by atoms with van der Waals surface area (Å²) in [7, 11) is 1.68. The molecule has 2 aliphatic carbocycles. The second kappa shape index (κ2) is 18.4. The summed E-state index contributed by atoms with van der Waals surface area (Å²) >= 11 is 0. The predicted octanol–water partition coefficient (Wildman–Crippen LogP) is 12.1. The van der Waals surface area contributed by atoms with Gasteiger partial charge in [-0.25, -0.2) is 14.4 Å². The summed E-state index contributed by atoms with van der Waals surface area (Å²) < 4.78 is 22.7. The highest BCUT2D eigenvalue weighted by Gasteiger charge is 2.37. The quantitative estimate of drug-likeness (QED) is 0.0682. The molecule has 2 saturated carbocycles. The first-order valence-corrected chi connectivity index (χ1v) is 21.5. The number of ketones is 1. The van der Waals surface area contributed by atoms with Gasteiger partial charge in [-0.1, -0.05) is 105 Å². The van der Waals surface area contributed by atoms with Crippen LogP contribution in [0.25, 0.3) is 0 Å². The number of Topliss-reactive ketones (excluding diaryl/α,β-unsaturated/α-hetero) is 1. The molecule has 8 rings (SSSR count). The zero-order valence-corrected chi connectivity index (χ0v) is 35.2. The molecule has 0 aliphatic heterocycles. The van der Waals surface area contributed by atoms with Crippen LogP contribution in [-0.2, 0) is 10.8 Å². The number of esters is 3. The van der Waals surface area contributed by atoms with Crippen LogP contribution in [0.1, 0.15) is 135 Å². The lowest BCUT2D eigenvalue weighted by Gasteiger charge is -2.38. The van der Waals surface area contributed by atoms with Crippen molar-refractivity contribution in [2.75, 3.05) is 7.11 Å². The van der Waals surface area contributed by atoms with Crippen LogP contribution in [0, 0.1) is 0 Å². The zero-order chi connectivity index (χ0) is 43.1. The van der Waals surface area contributed by atoms with Gasteiger partial charge in [0.2, 0.25) is 0 Å². The van der Waals surface area contributed by atoms with E-state index in [1.165, 1.54) is 30.5 Å². The van der Waals surface area contributed by atoms with E-state index in [4.69, 9.17) is 18.9 Å². The molecule has 0 atom stereocenters. The highest BCUT2D eigenvalue weighted by atomic mass is 16.5. The summed E-state index contributed by atoms with van der Waals surface area (Å²) in [4.78, 5) is 51.2. The van der Waals surface area contributed by atoms with Crippen molar-refractivity contribution in [1.82, 2.24) is 0 Å². The van der Waals surface area contributed by atoms with Crippen molar-refractivity contribution in [3.63, 3.8) is 0 Å². The minimum absolute atomic E-state index is 0.0677. The third-order valence-corrected chi connectivity index (χ3v) is 12.8. The van der Waals surface area contributed by atoms with Gasteiger partial charge in [-0.2, -0.15) is 0 Å². The third-order valence-electron chi connectivity index (χ3n) is 12.8. The fourth-order valence-corrected chi connectivity index (χ4v) is 9.35. The molecule has 6 aromatic rings. The van der Waals surface area contributed by atoms with Crippen molar-refractivity contribution in [1.29, 1.82) is 0 Å². The Balaban J connectivity index is 0.913. The lowest BCUT2D eigenvalue weighted by molar-refractivity contribution is 0.0721. The normalized spacial score (nSPS) is 15.5. The van der Waals surface area contributed by atoms with Gasteiger partial charge in [-0.05, 0) is 134 Å². The maximum atomic E-state index is 13.4. The average molecular weight is 827 g/mol. The second-order valence-corrected chi connectivity index (χ2v) is 16.5. The Morgan fingerprint density at radius 1 is 0.387 bits per heavy atom. The Hall–Kier alpha value is -6.80. The molecule has 0 saturated heterocycles. The van der Waals surface area contributed by atoms with Gasteiger partial charge >= 0.3 is 17.9 Å². The van der Waals surface area contributed by atoms with Crippen LogP contribution in [-0.4, -0.2) is 30.8 Å². The molecule has 0 N–H and O–H groups in total. The SMILES string of the molecule is COc1ccc(C2(c3ccc(OC(=O)c4cccc(C(=O)Oc5ccc(C6(c7ccc(OC(=O)c8ccc(C(C)=O)cc8)cc7)CCCCC6)cc5)c4)cc3)CCCCC2)cc1. The first-order valence-electron chi connectivity index (χ1n) is 21.5. The van der Waals surface area contributed by atoms with Gasteiger partial charge in [0, 0.05) is 16.4 Å². The van der Waals surface area contributed by atoms with Crippen LogP contribution >= 0.6 is 0 Å². The first kappa shape index (κ1) is 41.9. The largest absolute Gasteiger partial charge is 0.497 e. The van der Waals surface area contributed by atoms with Crippen LogP contribution in [0.5, 0.6) is 23.0 Å². The molecule has 0 unspecified atom stereocenters. The Morgan fingerprint density at radius 2 is 0.710 bits per heavy atom. The van der Waals surface area contributed by atoms with Crippen LogP contribution < -0.4 is 18.9 Å². The van der Waals surface area contributed by atoms with Crippen LogP contribution in [0.2, 0.25) is 0 Å². The van der Waals surface area contributed by atoms with Crippen molar-refractivity contribution in [3.05, 3.63) is 190 Å². The molecule has 62 heavy (non-hydrogen) atoms. The topological polar surface area (TPSA) is 105 Å². The van der Waals surface area contributed by atoms with E-state index < -0.39 is 17.9 Å². The minimum atomic E-state index is -0.583. The van der Waals surface area contributed by atoms with Crippen molar-refractivity contribution >= 4 is 23.7 Å². The number of carbonyl (C=O) groups excluding carboxylic acids is 4. The van der Waals surface area contributed by atoms with Crippen molar-refractivity contribution in [2.45, 2.75) is 82.0 Å². The summed E-state index contributed by atoms with van der Waals surface area (Å²) in [6, 6.07) is 44.3. The summed E-state index contributed by atoms with van der Waals surface area (Å²) in [5, 5.41) is 0. The van der Waals surface area contributed by atoms with E-state index >= 15 is 0 Å². The van der Waals surface area contributed by atoms with E-state index in [1.807, 2.05) is 72.8 Å². The lowest BCUT2D eigenvalue weighted by Crippen LogP contribution is -2.30. The van der Waals surface area contributed by atoms with E-state index in [0.29, 0.717) is 28.4 Å². The molecule has 8 nitrogen and oxygen atoms in total. The molecule has 0 heterocycles. The van der Waals surface area contributed by atoms with Crippen LogP contribution in [0.4, 0.5) is 0 Å². The maximum absolute atomic E-state index is 13.4. The smallest absolute Gasteiger partial charge is 0.343 e. The zero-order valence-electron chi connectivity index (χ0n) is 35.2. The van der Waals surface area contributed by atoms with E-state index in [2.05, 4.69) is 24.3 Å². The van der Waals surface area contributed by atoms with Gasteiger partial charge in [0.15, 0.2) is 5.78 Å². The number of hydrogen-bond donors (Lipinski definition) is 0. The Kier molecular flexibility index (Phi) is 12.5. The minimum Gasteiger partial charge on any atom is -0.497 e. The molecule has 314 valence electrons. The summed E-state index contributed by atoms with van der Waals surface area (Å²) in [6.07, 6.45) is 10.8. The molecule has 0 amide bonds. The third kappa shape index (κ3) is 8.96. The highest BCUT2D eigenvalue weighted by Crippen LogP contribution is 2.47. The van der Waals surface area contributed by atoms with Crippen LogP contribution in [0.15, 0.2) is 146 Å². The lowest BCUT2D eigenvalue weighted by atomic mass is 9.65. The Morgan fingerprint density at radius 3 is 1.05 bits per heavy atom. The standard InChI is InChI=1S/C54H50O8/c1-37(55)38-12-14-39(15-13-38)50(56)60-47-26-18-44(19-27-47)54(34-7-4-8-35-54)45-22-30-49(31-23-45)62-52(58)41-11-9-10-40(36-41)51(57)61-48-28-20-43(21-29-48)53(32-5-3-6-33-53)42-16-24-46(59-2)25-17-42/h9-31,36H,3-8,32-35H2,1-2H3. The molecule has 2 fully saturated rings. The maximum Gasteiger partial charge on any atom is 0.343 e. The monoisotopic (exact) mass is 826 g/mol. The average Bonchev–Trinajstić information content (AvgIpc) is 3.32. The van der Waals surface area contributed by atoms with Gasteiger partial charge < -0.3 is 18.9 Å². The first-order chi connectivity index (χ1) is 30.2. The van der Waals surface area contributed by atoms with Crippen LogP contribution in [0.3, 0.4) is 0 Å². The molecule has 0 radical (unpaired) electrons. The molecule has 0 spiro atoms. The molecular formula is C54H50O8. The van der Waals surface area contributed by atoms with Gasteiger partial charge in [-0.15, -0.1) is 0 Å². The predicted molar refractivity (Wildman–Crippen MR) is 238 cm³/mol. The summed E-state index contributed by atoms with van der Waals surface area (Å²) in [5.74, 6) is 0.372. The van der Waals surface area contributed by atoms with E-state index in [9.17, 15) is 19.2 Å². The Bertz CT molecular complexity index is 2530. The second-order valence-electron chi connectivity index (χ2n) is 16.5. The van der Waals surface area contributed by atoms with Gasteiger partial charge in [0.25, 0.3) is 0 Å². The highest BCUT2D eigenvalue weighted by molar-refractivity contribution is 5.97. The molecule has 0 aromatic heterocycles. The summed E-state index contributed by atoms with van der Waals surface area (Å²) in [5.41, 5.74) is 5.69. The van der Waals surface area contributed by atoms with Gasteiger partial charge in [-0.3, -0.25) is 4.79 Å². The number of ether oxygens (including phenoxy) is 4. The molecular weight excluding hydrogens is 777 g/mol. The number of benzene rings is 6. The molecule has 0 bridgehead atoms. The summed E-state index contributed by atoms with van der Waals surface area (Å²) in [6.45, 7) is 1.48. The van der Waals surface area contributed by atoms with E-state index in [0.717, 1.165) is 74.7 Å². The van der Waals surface area contributed by atoms with E-state index in [-0.39, 0.29) is 27.7 Å². The number of methoxy groups -OCH3 is 1. The van der Waals surface area contributed by atoms with E-state index in [1.54, 1.807) is 49.6 Å². The fourth-order valence-electron chi connectivity index (χ4n) is 9.35. The van der Waals surface area contributed by atoms with Gasteiger partial charge in [0.05, 0.1) is 23.8 Å². The number of hydrogen-bond acceptors (Lipinski definition) is 8. The number of carbonyl (C=O) groups is 4. The fraction of sp³-hybridized carbons (Fsp3) is 0.259. The Labute approximate surface area is 362 Å².